The van der Waals surface area contributed by atoms with Crippen molar-refractivity contribution in [2.75, 3.05) is 0 Å². The van der Waals surface area contributed by atoms with Gasteiger partial charge in [0.1, 0.15) is 0 Å². The molecule has 1 aliphatic heterocycles. The summed E-state index contributed by atoms with van der Waals surface area (Å²) in [5.74, 6) is 0. The normalized spacial score (nSPS) is 13.1. The maximum atomic E-state index is 8.12. The minimum atomic E-state index is 0.250. The van der Waals surface area contributed by atoms with E-state index >= 15 is 0 Å². The zero-order chi connectivity index (χ0) is 11.1. The van der Waals surface area contributed by atoms with Gasteiger partial charge in [0.25, 0.3) is 0 Å². The van der Waals surface area contributed by atoms with Crippen molar-refractivity contribution in [1.29, 1.82) is 0 Å². The fourth-order valence-corrected chi connectivity index (χ4v) is 1.54. The summed E-state index contributed by atoms with van der Waals surface area (Å²) in [6, 6.07) is 2.18. The van der Waals surface area contributed by atoms with Crippen LogP contribution in [0, 0.1) is 0 Å². The number of aryl methyl sites for hydroxylation is 2. The summed E-state index contributed by atoms with van der Waals surface area (Å²) in [7, 11) is 0. The Labute approximate surface area is 88.6 Å². The number of hydrogen-bond donors (Lipinski definition) is 0. The number of fused-ring (bicyclic) bond motifs is 1. The van der Waals surface area contributed by atoms with E-state index in [4.69, 9.17) is 9.59 Å². The predicted molar refractivity (Wildman–Crippen MR) is 54.9 cm³/mol. The lowest BCUT2D eigenvalue weighted by Crippen LogP contribution is -2.00. The molecule has 1 aromatic rings. The molecule has 0 spiro atoms. The van der Waals surface area contributed by atoms with Crippen molar-refractivity contribution in [1.82, 2.24) is 9.78 Å². The highest BCUT2D eigenvalue weighted by atomic mass is 16.2. The van der Waals surface area contributed by atoms with Gasteiger partial charge in [0, 0.05) is 6.54 Å². The van der Waals surface area contributed by atoms with Crippen LogP contribution in [0.5, 0.6) is 0 Å². The Morgan fingerprint density at radius 2 is 2.27 bits per heavy atom. The first-order valence-electron chi connectivity index (χ1n) is 5.04. The topological polar surface area (TPSA) is 52.0 Å². The molecular formula is C11H14N2O2. The average Bonchev–Trinajstić information content (AvgIpc) is 2.50. The van der Waals surface area contributed by atoms with Gasteiger partial charge in [0.05, 0.1) is 11.4 Å². The van der Waals surface area contributed by atoms with Crippen LogP contribution < -0.4 is 0 Å². The number of carbonyl (C=O) groups excluding carboxylic acids is 2. The Morgan fingerprint density at radius 1 is 1.53 bits per heavy atom. The second kappa shape index (κ2) is 5.94. The average molecular weight is 206 g/mol. The van der Waals surface area contributed by atoms with Crippen molar-refractivity contribution in [3.63, 3.8) is 0 Å². The van der Waals surface area contributed by atoms with E-state index in [1.54, 1.807) is 0 Å². The lowest BCUT2D eigenvalue weighted by atomic mass is 10.3. The van der Waals surface area contributed by atoms with E-state index in [9.17, 15) is 0 Å². The van der Waals surface area contributed by atoms with Gasteiger partial charge >= 0.3 is 6.15 Å². The van der Waals surface area contributed by atoms with E-state index in [-0.39, 0.29) is 6.15 Å². The maximum absolute atomic E-state index is 8.12. The molecule has 0 radical (unpaired) electrons. The molecule has 0 saturated carbocycles. The van der Waals surface area contributed by atoms with E-state index in [2.05, 4.69) is 34.9 Å². The highest BCUT2D eigenvalue weighted by Gasteiger charge is 2.05. The molecule has 0 amide bonds. The van der Waals surface area contributed by atoms with E-state index in [1.807, 2.05) is 0 Å². The van der Waals surface area contributed by atoms with E-state index in [0.29, 0.717) is 0 Å². The van der Waals surface area contributed by atoms with Crippen molar-refractivity contribution in [3.8, 4) is 0 Å². The smallest absolute Gasteiger partial charge is 0.265 e. The van der Waals surface area contributed by atoms with Gasteiger partial charge in [-0.2, -0.15) is 14.7 Å². The van der Waals surface area contributed by atoms with Crippen molar-refractivity contribution >= 4 is 12.2 Å². The summed E-state index contributed by atoms with van der Waals surface area (Å²) >= 11 is 0. The Balaban J connectivity index is 0.000000337. The van der Waals surface area contributed by atoms with Crippen molar-refractivity contribution < 1.29 is 9.59 Å². The van der Waals surface area contributed by atoms with E-state index < -0.39 is 0 Å². The van der Waals surface area contributed by atoms with Gasteiger partial charge in [-0.15, -0.1) is 0 Å². The first-order chi connectivity index (χ1) is 7.31. The summed E-state index contributed by atoms with van der Waals surface area (Å²) in [4.78, 5) is 16.2. The number of nitrogens with zero attached hydrogens (tertiary/aromatic N) is 2. The minimum Gasteiger partial charge on any atom is -0.265 e. The second-order valence-electron chi connectivity index (χ2n) is 3.27. The van der Waals surface area contributed by atoms with Crippen LogP contribution in [0.4, 0.5) is 0 Å². The molecule has 2 heterocycles. The number of rotatable bonds is 1. The number of hydrogen-bond acceptors (Lipinski definition) is 3. The zero-order valence-corrected chi connectivity index (χ0v) is 8.77. The number of aromatic nitrogens is 2. The third-order valence-electron chi connectivity index (χ3n) is 2.25. The molecule has 0 N–H and O–H groups in total. The van der Waals surface area contributed by atoms with Crippen LogP contribution in [0.2, 0.25) is 0 Å². The summed E-state index contributed by atoms with van der Waals surface area (Å²) in [5.41, 5.74) is 2.47. The second-order valence-corrected chi connectivity index (χ2v) is 3.27. The summed E-state index contributed by atoms with van der Waals surface area (Å²) in [6.45, 7) is 3.22. The van der Waals surface area contributed by atoms with Gasteiger partial charge in [-0.1, -0.05) is 13.0 Å². The molecule has 80 valence electrons. The molecule has 4 heteroatoms. The van der Waals surface area contributed by atoms with Crippen LogP contribution in [0.25, 0.3) is 6.08 Å². The summed E-state index contributed by atoms with van der Waals surface area (Å²) in [6.07, 6.45) is 8.10. The minimum absolute atomic E-state index is 0.250. The van der Waals surface area contributed by atoms with Crippen LogP contribution >= 0.6 is 0 Å². The Hall–Kier alpha value is -1.67. The van der Waals surface area contributed by atoms with Crippen LogP contribution in [-0.4, -0.2) is 15.9 Å². The molecular weight excluding hydrogens is 192 g/mol. The molecule has 0 bridgehead atoms. The molecule has 0 aromatic carbocycles. The third kappa shape index (κ3) is 3.18. The summed E-state index contributed by atoms with van der Waals surface area (Å²) < 4.78 is 2.11. The molecule has 15 heavy (non-hydrogen) atoms. The fourth-order valence-electron chi connectivity index (χ4n) is 1.54. The van der Waals surface area contributed by atoms with E-state index in [0.717, 1.165) is 13.0 Å². The lowest BCUT2D eigenvalue weighted by molar-refractivity contribution is -0.191. The molecule has 1 aliphatic rings. The fraction of sp³-hybridized carbons (Fsp3) is 0.455. The molecule has 2 rings (SSSR count). The Bertz CT molecular complexity index is 374. The van der Waals surface area contributed by atoms with Crippen molar-refractivity contribution in [3.05, 3.63) is 23.5 Å². The van der Waals surface area contributed by atoms with Gasteiger partial charge in [0.2, 0.25) is 0 Å². The summed E-state index contributed by atoms with van der Waals surface area (Å²) in [5, 5.41) is 4.49. The van der Waals surface area contributed by atoms with Crippen molar-refractivity contribution in [2.45, 2.75) is 32.7 Å². The molecule has 0 saturated heterocycles. The molecule has 0 aliphatic carbocycles. The van der Waals surface area contributed by atoms with Gasteiger partial charge in [-0.05, 0) is 31.4 Å². The van der Waals surface area contributed by atoms with Crippen molar-refractivity contribution in [2.24, 2.45) is 0 Å². The van der Waals surface area contributed by atoms with Gasteiger partial charge in [-0.25, -0.2) is 0 Å². The van der Waals surface area contributed by atoms with Crippen LogP contribution in [0.15, 0.2) is 12.1 Å². The highest BCUT2D eigenvalue weighted by Crippen LogP contribution is 2.13. The maximum Gasteiger partial charge on any atom is 0.373 e. The third-order valence-corrected chi connectivity index (χ3v) is 2.25. The quantitative estimate of drug-likeness (QED) is 0.702. The largest absolute Gasteiger partial charge is 0.373 e. The monoisotopic (exact) mass is 206 g/mol. The standard InChI is InChI=1S/C10H14N2.CO2/c1-2-9-8-10-6-4-3-5-7-12(10)11-9;2-1-3/h4,6,8H,2-3,5,7H2,1H3;. The zero-order valence-electron chi connectivity index (χ0n) is 8.77. The Kier molecular flexibility index (Phi) is 4.51. The molecule has 0 atom stereocenters. The van der Waals surface area contributed by atoms with Crippen LogP contribution in [0.1, 0.15) is 31.2 Å². The van der Waals surface area contributed by atoms with Crippen LogP contribution in [0.3, 0.4) is 0 Å². The SMILES string of the molecule is CCc1cc2n(n1)CCCC=C2.O=C=O. The first kappa shape index (κ1) is 11.4. The van der Waals surface area contributed by atoms with Gasteiger partial charge in [-0.3, -0.25) is 4.68 Å². The number of allylic oxidation sites excluding steroid dienone is 1. The molecule has 0 fully saturated rings. The highest BCUT2D eigenvalue weighted by molar-refractivity contribution is 5.46. The van der Waals surface area contributed by atoms with Crippen LogP contribution in [-0.2, 0) is 22.6 Å². The molecule has 1 aromatic heterocycles. The molecule has 4 nitrogen and oxygen atoms in total. The predicted octanol–water partition coefficient (Wildman–Crippen LogP) is 1.67. The Morgan fingerprint density at radius 3 is 2.93 bits per heavy atom. The molecule has 0 unspecified atom stereocenters. The lowest BCUT2D eigenvalue weighted by Gasteiger charge is -1.98. The van der Waals surface area contributed by atoms with Gasteiger partial charge < -0.3 is 0 Å². The first-order valence-corrected chi connectivity index (χ1v) is 5.04. The van der Waals surface area contributed by atoms with E-state index in [1.165, 1.54) is 24.2 Å². The van der Waals surface area contributed by atoms with Gasteiger partial charge in [0.15, 0.2) is 0 Å².